The Morgan fingerprint density at radius 3 is 2.92 bits per heavy atom. The normalized spacial score (nSPS) is 21.2. The van der Waals surface area contributed by atoms with Crippen molar-refractivity contribution in [1.29, 1.82) is 0 Å². The van der Waals surface area contributed by atoms with Crippen LogP contribution in [0.25, 0.3) is 0 Å². The number of thioether (sulfide) groups is 1. The molecule has 1 aliphatic rings. The molecule has 0 bridgehead atoms. The third-order valence-electron chi connectivity index (χ3n) is 2.34. The monoisotopic (exact) mass is 179 g/mol. The van der Waals surface area contributed by atoms with E-state index in [0.29, 0.717) is 5.37 Å². The topological polar surface area (TPSA) is 3.24 Å². The van der Waals surface area contributed by atoms with E-state index >= 15 is 0 Å². The number of hydrogen-bond donors (Lipinski definition) is 0. The molecular weight excluding hydrogens is 166 g/mol. The summed E-state index contributed by atoms with van der Waals surface area (Å²) in [5.41, 5.74) is 2.72. The van der Waals surface area contributed by atoms with E-state index in [1.54, 1.807) is 0 Å². The van der Waals surface area contributed by atoms with Crippen molar-refractivity contribution in [3.8, 4) is 0 Å². The Balaban J connectivity index is 2.48. The van der Waals surface area contributed by atoms with Crippen LogP contribution in [0.15, 0.2) is 23.1 Å². The maximum absolute atomic E-state index is 2.33. The van der Waals surface area contributed by atoms with Crippen LogP contribution in [0.1, 0.15) is 12.5 Å². The van der Waals surface area contributed by atoms with Crippen molar-refractivity contribution >= 4 is 17.4 Å². The first kappa shape index (κ1) is 7.99. The average molecular weight is 179 g/mol. The predicted molar refractivity (Wildman–Crippen MR) is 54.9 cm³/mol. The van der Waals surface area contributed by atoms with Crippen LogP contribution in [0, 0.1) is 6.92 Å². The highest BCUT2D eigenvalue weighted by molar-refractivity contribution is 8.00. The van der Waals surface area contributed by atoms with Gasteiger partial charge in [-0.05, 0) is 31.5 Å². The molecule has 1 aromatic carbocycles. The van der Waals surface area contributed by atoms with Crippen LogP contribution in [-0.2, 0) is 0 Å². The van der Waals surface area contributed by atoms with Gasteiger partial charge in [-0.1, -0.05) is 17.8 Å². The van der Waals surface area contributed by atoms with Crippen LogP contribution >= 0.6 is 11.8 Å². The number of benzene rings is 1. The fourth-order valence-corrected chi connectivity index (χ4v) is 2.57. The molecule has 2 rings (SSSR count). The summed E-state index contributed by atoms with van der Waals surface area (Å²) in [6, 6.07) is 6.65. The van der Waals surface area contributed by atoms with Crippen molar-refractivity contribution in [1.82, 2.24) is 0 Å². The molecular formula is C10H13NS. The first-order valence-corrected chi connectivity index (χ1v) is 5.06. The van der Waals surface area contributed by atoms with Crippen molar-refractivity contribution in [3.63, 3.8) is 0 Å². The summed E-state index contributed by atoms with van der Waals surface area (Å²) in [6.45, 7) is 4.38. The molecule has 0 fully saturated rings. The number of rotatable bonds is 0. The Morgan fingerprint density at radius 1 is 1.42 bits per heavy atom. The third-order valence-corrected chi connectivity index (χ3v) is 3.59. The lowest BCUT2D eigenvalue weighted by atomic mass is 10.2. The molecule has 0 amide bonds. The molecule has 1 unspecified atom stereocenters. The quantitative estimate of drug-likeness (QED) is 0.602. The van der Waals surface area contributed by atoms with E-state index in [2.05, 4.69) is 44.0 Å². The SMILES string of the molecule is Cc1ccc2c(c1)N(C)C(C)S2. The van der Waals surface area contributed by atoms with E-state index < -0.39 is 0 Å². The largest absolute Gasteiger partial charge is 0.362 e. The summed E-state index contributed by atoms with van der Waals surface area (Å²) in [5, 5.41) is 0.585. The second kappa shape index (κ2) is 2.70. The van der Waals surface area contributed by atoms with Gasteiger partial charge in [-0.25, -0.2) is 0 Å². The molecule has 0 radical (unpaired) electrons. The van der Waals surface area contributed by atoms with E-state index in [0.717, 1.165) is 0 Å². The predicted octanol–water partition coefficient (Wildman–Crippen LogP) is 2.88. The molecule has 1 aliphatic heterocycles. The summed E-state index contributed by atoms with van der Waals surface area (Å²) in [7, 11) is 2.16. The molecule has 0 spiro atoms. The van der Waals surface area contributed by atoms with Crippen molar-refractivity contribution in [2.24, 2.45) is 0 Å². The molecule has 0 aromatic heterocycles. The molecule has 1 aromatic rings. The van der Waals surface area contributed by atoms with Crippen LogP contribution < -0.4 is 4.90 Å². The van der Waals surface area contributed by atoms with E-state index in [1.165, 1.54) is 16.1 Å². The summed E-state index contributed by atoms with van der Waals surface area (Å²) in [4.78, 5) is 3.74. The van der Waals surface area contributed by atoms with Gasteiger partial charge in [0.15, 0.2) is 0 Å². The highest BCUT2D eigenvalue weighted by Gasteiger charge is 2.22. The molecule has 0 saturated heterocycles. The molecule has 1 nitrogen and oxygen atoms in total. The average Bonchev–Trinajstić information content (AvgIpc) is 2.31. The minimum atomic E-state index is 0.585. The van der Waals surface area contributed by atoms with Gasteiger partial charge in [0.05, 0.1) is 11.1 Å². The molecule has 0 aliphatic carbocycles. The summed E-state index contributed by atoms with van der Waals surface area (Å²) >= 11 is 1.93. The van der Waals surface area contributed by atoms with E-state index in [4.69, 9.17) is 0 Å². The smallest absolute Gasteiger partial charge is 0.0766 e. The number of anilines is 1. The number of nitrogens with zero attached hydrogens (tertiary/aromatic N) is 1. The van der Waals surface area contributed by atoms with Gasteiger partial charge in [0.1, 0.15) is 0 Å². The molecule has 12 heavy (non-hydrogen) atoms. The Labute approximate surface area is 77.8 Å². The molecule has 2 heteroatoms. The van der Waals surface area contributed by atoms with Crippen LogP contribution in [0.4, 0.5) is 5.69 Å². The van der Waals surface area contributed by atoms with Gasteiger partial charge in [0, 0.05) is 11.9 Å². The highest BCUT2D eigenvalue weighted by atomic mass is 32.2. The van der Waals surface area contributed by atoms with Crippen LogP contribution in [0.2, 0.25) is 0 Å². The van der Waals surface area contributed by atoms with Crippen molar-refractivity contribution in [2.75, 3.05) is 11.9 Å². The van der Waals surface area contributed by atoms with E-state index in [-0.39, 0.29) is 0 Å². The van der Waals surface area contributed by atoms with E-state index in [1.807, 2.05) is 11.8 Å². The standard InChI is InChI=1S/C10H13NS/c1-7-4-5-10-9(6-7)11(3)8(2)12-10/h4-6,8H,1-3H3. The molecule has 0 saturated carbocycles. The van der Waals surface area contributed by atoms with Gasteiger partial charge in [-0.3, -0.25) is 0 Å². The minimum Gasteiger partial charge on any atom is -0.362 e. The van der Waals surface area contributed by atoms with Gasteiger partial charge in [-0.15, -0.1) is 0 Å². The number of fused-ring (bicyclic) bond motifs is 1. The maximum Gasteiger partial charge on any atom is 0.0766 e. The zero-order valence-corrected chi connectivity index (χ0v) is 8.48. The van der Waals surface area contributed by atoms with Crippen LogP contribution in [-0.4, -0.2) is 12.4 Å². The van der Waals surface area contributed by atoms with Gasteiger partial charge < -0.3 is 4.90 Å². The Bertz CT molecular complexity index is 309. The highest BCUT2D eigenvalue weighted by Crippen LogP contribution is 2.42. The van der Waals surface area contributed by atoms with Crippen LogP contribution in [0.5, 0.6) is 0 Å². The molecule has 1 heterocycles. The summed E-state index contributed by atoms with van der Waals surface area (Å²) in [5.74, 6) is 0. The molecule has 64 valence electrons. The second-order valence-electron chi connectivity index (χ2n) is 3.30. The zero-order chi connectivity index (χ0) is 8.72. The Morgan fingerprint density at radius 2 is 2.17 bits per heavy atom. The minimum absolute atomic E-state index is 0.585. The van der Waals surface area contributed by atoms with Gasteiger partial charge in [-0.2, -0.15) is 0 Å². The lowest BCUT2D eigenvalue weighted by molar-refractivity contribution is 0.923. The molecule has 1 atom stereocenters. The first-order chi connectivity index (χ1) is 5.68. The lowest BCUT2D eigenvalue weighted by Crippen LogP contribution is -2.20. The summed E-state index contributed by atoms with van der Waals surface area (Å²) in [6.07, 6.45) is 0. The Kier molecular flexibility index (Phi) is 1.80. The number of hydrogen-bond acceptors (Lipinski definition) is 2. The van der Waals surface area contributed by atoms with Crippen LogP contribution in [0.3, 0.4) is 0 Å². The van der Waals surface area contributed by atoms with Gasteiger partial charge in [0.2, 0.25) is 0 Å². The van der Waals surface area contributed by atoms with E-state index in [9.17, 15) is 0 Å². The van der Waals surface area contributed by atoms with Crippen molar-refractivity contribution < 1.29 is 0 Å². The van der Waals surface area contributed by atoms with Crippen molar-refractivity contribution in [2.45, 2.75) is 24.1 Å². The van der Waals surface area contributed by atoms with Gasteiger partial charge >= 0.3 is 0 Å². The second-order valence-corrected chi connectivity index (χ2v) is 4.66. The Hall–Kier alpha value is -0.630. The van der Waals surface area contributed by atoms with Crippen molar-refractivity contribution in [3.05, 3.63) is 23.8 Å². The third kappa shape index (κ3) is 1.11. The number of aryl methyl sites for hydroxylation is 1. The fraction of sp³-hybridized carbons (Fsp3) is 0.400. The van der Waals surface area contributed by atoms with Gasteiger partial charge in [0.25, 0.3) is 0 Å². The maximum atomic E-state index is 2.33. The first-order valence-electron chi connectivity index (χ1n) is 4.18. The molecule has 0 N–H and O–H groups in total. The summed E-state index contributed by atoms with van der Waals surface area (Å²) < 4.78 is 0. The lowest BCUT2D eigenvalue weighted by Gasteiger charge is -2.17. The fourth-order valence-electron chi connectivity index (χ4n) is 1.46. The zero-order valence-electron chi connectivity index (χ0n) is 7.66.